The lowest BCUT2D eigenvalue weighted by Crippen LogP contribution is -1.86. The first-order valence-electron chi connectivity index (χ1n) is 4.57. The van der Waals surface area contributed by atoms with Crippen LogP contribution in [-0.4, -0.2) is 4.98 Å². The highest BCUT2D eigenvalue weighted by molar-refractivity contribution is 6.32. The molecule has 1 aromatic heterocycles. The summed E-state index contributed by atoms with van der Waals surface area (Å²) >= 11 is 5.96. The smallest absolute Gasteiger partial charge is 0.146 e. The Bertz CT molecular complexity index is 534. The van der Waals surface area contributed by atoms with Gasteiger partial charge in [-0.1, -0.05) is 11.6 Å². The molecule has 0 fully saturated rings. The zero-order chi connectivity index (χ0) is 11.4. The Morgan fingerprint density at radius 3 is 2.81 bits per heavy atom. The second-order valence-corrected chi connectivity index (χ2v) is 3.45. The van der Waals surface area contributed by atoms with E-state index in [0.717, 1.165) is 0 Å². The van der Waals surface area contributed by atoms with Gasteiger partial charge < -0.3 is 4.74 Å². The number of nitrogens with zero attached hydrogens (tertiary/aromatic N) is 2. The summed E-state index contributed by atoms with van der Waals surface area (Å²) in [6.45, 7) is 0. The minimum absolute atomic E-state index is 0.405. The number of aromatic nitrogens is 1. The number of hydrogen-bond acceptors (Lipinski definition) is 3. The van der Waals surface area contributed by atoms with Gasteiger partial charge in [0.2, 0.25) is 0 Å². The molecule has 2 aromatic rings. The van der Waals surface area contributed by atoms with Crippen molar-refractivity contribution in [1.82, 2.24) is 4.98 Å². The molecule has 0 spiro atoms. The van der Waals surface area contributed by atoms with E-state index in [2.05, 4.69) is 4.98 Å². The second kappa shape index (κ2) is 4.65. The van der Waals surface area contributed by atoms with E-state index in [1.54, 1.807) is 42.7 Å². The van der Waals surface area contributed by atoms with Crippen molar-refractivity contribution >= 4 is 11.6 Å². The fourth-order valence-electron chi connectivity index (χ4n) is 1.19. The average molecular weight is 231 g/mol. The van der Waals surface area contributed by atoms with Crippen LogP contribution in [0.1, 0.15) is 5.56 Å². The van der Waals surface area contributed by atoms with Crippen LogP contribution in [0.15, 0.2) is 42.7 Å². The molecule has 1 heterocycles. The summed E-state index contributed by atoms with van der Waals surface area (Å²) in [6, 6.07) is 10.4. The second-order valence-electron chi connectivity index (χ2n) is 3.05. The van der Waals surface area contributed by atoms with E-state index < -0.39 is 0 Å². The topological polar surface area (TPSA) is 45.9 Å². The standard InChI is InChI=1S/C12H7ClN2O/c13-11-6-9(7-14)3-4-12(11)16-10-2-1-5-15-8-10/h1-6,8H. The Balaban J connectivity index is 2.27. The highest BCUT2D eigenvalue weighted by Gasteiger charge is 2.04. The molecule has 2 rings (SSSR count). The van der Waals surface area contributed by atoms with Gasteiger partial charge in [-0.2, -0.15) is 5.26 Å². The molecule has 0 bridgehead atoms. The van der Waals surface area contributed by atoms with E-state index in [0.29, 0.717) is 22.1 Å². The molecule has 0 atom stereocenters. The molecule has 1 aromatic carbocycles. The lowest BCUT2D eigenvalue weighted by molar-refractivity contribution is 0.480. The number of pyridine rings is 1. The van der Waals surface area contributed by atoms with Crippen molar-refractivity contribution in [2.24, 2.45) is 0 Å². The average Bonchev–Trinajstić information content (AvgIpc) is 2.33. The zero-order valence-electron chi connectivity index (χ0n) is 8.22. The van der Waals surface area contributed by atoms with Crippen LogP contribution < -0.4 is 4.74 Å². The maximum Gasteiger partial charge on any atom is 0.146 e. The molecule has 0 aliphatic rings. The monoisotopic (exact) mass is 230 g/mol. The lowest BCUT2D eigenvalue weighted by atomic mass is 10.2. The Hall–Kier alpha value is -2.05. The minimum atomic E-state index is 0.405. The number of hydrogen-bond donors (Lipinski definition) is 0. The maximum absolute atomic E-state index is 8.68. The van der Waals surface area contributed by atoms with Crippen LogP contribution in [0, 0.1) is 11.3 Å². The number of nitriles is 1. The van der Waals surface area contributed by atoms with Crippen molar-refractivity contribution in [3.8, 4) is 17.6 Å². The Labute approximate surface area is 97.9 Å². The van der Waals surface area contributed by atoms with Gasteiger partial charge in [-0.15, -0.1) is 0 Å². The molecule has 78 valence electrons. The largest absolute Gasteiger partial charge is 0.454 e. The first-order valence-corrected chi connectivity index (χ1v) is 4.95. The third-order valence-corrected chi connectivity index (χ3v) is 2.22. The third kappa shape index (κ3) is 2.30. The molecule has 0 aliphatic heterocycles. The fraction of sp³-hybridized carbons (Fsp3) is 0. The molecule has 3 nitrogen and oxygen atoms in total. The van der Waals surface area contributed by atoms with Gasteiger partial charge in [0.25, 0.3) is 0 Å². The molecule has 0 saturated heterocycles. The predicted octanol–water partition coefficient (Wildman–Crippen LogP) is 3.40. The maximum atomic E-state index is 8.68. The normalized spacial score (nSPS) is 9.50. The van der Waals surface area contributed by atoms with Gasteiger partial charge in [0.05, 0.1) is 22.9 Å². The Morgan fingerprint density at radius 1 is 1.31 bits per heavy atom. The molecule has 0 radical (unpaired) electrons. The fourth-order valence-corrected chi connectivity index (χ4v) is 1.41. The predicted molar refractivity (Wildman–Crippen MR) is 60.5 cm³/mol. The molecular formula is C12H7ClN2O. The molecule has 4 heteroatoms. The van der Waals surface area contributed by atoms with Gasteiger partial charge in [-0.3, -0.25) is 4.98 Å². The van der Waals surface area contributed by atoms with E-state index in [4.69, 9.17) is 21.6 Å². The van der Waals surface area contributed by atoms with Crippen LogP contribution in [-0.2, 0) is 0 Å². The van der Waals surface area contributed by atoms with E-state index in [-0.39, 0.29) is 0 Å². The van der Waals surface area contributed by atoms with Crippen LogP contribution in [0.3, 0.4) is 0 Å². The number of benzene rings is 1. The van der Waals surface area contributed by atoms with Crippen molar-refractivity contribution in [3.05, 3.63) is 53.3 Å². The van der Waals surface area contributed by atoms with Crippen LogP contribution >= 0.6 is 11.6 Å². The van der Waals surface area contributed by atoms with Crippen LogP contribution in [0.25, 0.3) is 0 Å². The Kier molecular flexibility index (Phi) is 3.04. The lowest BCUT2D eigenvalue weighted by Gasteiger charge is -2.06. The summed E-state index contributed by atoms with van der Waals surface area (Å²) in [5, 5.41) is 9.09. The number of ether oxygens (including phenoxy) is 1. The van der Waals surface area contributed by atoms with Crippen LogP contribution in [0.4, 0.5) is 0 Å². The van der Waals surface area contributed by atoms with Gasteiger partial charge in [-0.25, -0.2) is 0 Å². The Morgan fingerprint density at radius 2 is 2.19 bits per heavy atom. The quantitative estimate of drug-likeness (QED) is 0.794. The highest BCUT2D eigenvalue weighted by atomic mass is 35.5. The molecule has 0 saturated carbocycles. The van der Waals surface area contributed by atoms with Crippen molar-refractivity contribution in [1.29, 1.82) is 5.26 Å². The molecule has 0 N–H and O–H groups in total. The number of halogens is 1. The molecule has 0 aliphatic carbocycles. The number of rotatable bonds is 2. The van der Waals surface area contributed by atoms with Crippen molar-refractivity contribution in [2.75, 3.05) is 0 Å². The highest BCUT2D eigenvalue weighted by Crippen LogP contribution is 2.29. The summed E-state index contributed by atoms with van der Waals surface area (Å²) in [5.74, 6) is 1.11. The molecule has 0 amide bonds. The van der Waals surface area contributed by atoms with Gasteiger partial charge in [-0.05, 0) is 30.3 Å². The van der Waals surface area contributed by atoms with Crippen molar-refractivity contribution < 1.29 is 4.74 Å². The van der Waals surface area contributed by atoms with Crippen LogP contribution in [0.5, 0.6) is 11.5 Å². The van der Waals surface area contributed by atoms with Gasteiger partial charge in [0.15, 0.2) is 0 Å². The molecule has 0 unspecified atom stereocenters. The molecule has 16 heavy (non-hydrogen) atoms. The van der Waals surface area contributed by atoms with E-state index in [9.17, 15) is 0 Å². The van der Waals surface area contributed by atoms with Crippen LogP contribution in [0.2, 0.25) is 5.02 Å². The summed E-state index contributed by atoms with van der Waals surface area (Å²) in [6.07, 6.45) is 3.25. The summed E-state index contributed by atoms with van der Waals surface area (Å²) in [7, 11) is 0. The van der Waals surface area contributed by atoms with Gasteiger partial charge in [0, 0.05) is 6.20 Å². The zero-order valence-corrected chi connectivity index (χ0v) is 8.98. The van der Waals surface area contributed by atoms with Gasteiger partial charge >= 0.3 is 0 Å². The first kappa shape index (κ1) is 10.5. The summed E-state index contributed by atoms with van der Waals surface area (Å²) < 4.78 is 5.50. The SMILES string of the molecule is N#Cc1ccc(Oc2cccnc2)c(Cl)c1. The minimum Gasteiger partial charge on any atom is -0.454 e. The van der Waals surface area contributed by atoms with E-state index in [1.807, 2.05) is 6.07 Å². The van der Waals surface area contributed by atoms with E-state index in [1.165, 1.54) is 0 Å². The van der Waals surface area contributed by atoms with Crippen molar-refractivity contribution in [2.45, 2.75) is 0 Å². The summed E-state index contributed by atoms with van der Waals surface area (Å²) in [5.41, 5.74) is 0.503. The van der Waals surface area contributed by atoms with Gasteiger partial charge in [0.1, 0.15) is 11.5 Å². The first-order chi connectivity index (χ1) is 7.79. The molecular weight excluding hydrogens is 224 g/mol. The van der Waals surface area contributed by atoms with E-state index >= 15 is 0 Å². The third-order valence-electron chi connectivity index (χ3n) is 1.92. The summed E-state index contributed by atoms with van der Waals surface area (Å²) in [4.78, 5) is 3.92. The van der Waals surface area contributed by atoms with Crippen molar-refractivity contribution in [3.63, 3.8) is 0 Å².